The second-order valence-electron chi connectivity index (χ2n) is 6.17. The highest BCUT2D eigenvalue weighted by molar-refractivity contribution is 7.88. The average molecular weight is 396 g/mol. The van der Waals surface area contributed by atoms with Crippen molar-refractivity contribution in [3.8, 4) is 17.0 Å². The number of benzene rings is 1. The van der Waals surface area contributed by atoms with Crippen LogP contribution < -0.4 is 10.1 Å². The lowest BCUT2D eigenvalue weighted by molar-refractivity contribution is -0.119. The summed E-state index contributed by atoms with van der Waals surface area (Å²) in [4.78, 5) is 18.0. The van der Waals surface area contributed by atoms with E-state index in [2.05, 4.69) is 10.3 Å². The van der Waals surface area contributed by atoms with Gasteiger partial charge in [0.1, 0.15) is 11.8 Å². The Labute approximate surface area is 157 Å². The Hall–Kier alpha value is -1.97. The normalized spacial score (nSPS) is 18.0. The maximum absolute atomic E-state index is 12.5. The number of aryl methyl sites for hydroxylation is 1. The lowest BCUT2D eigenvalue weighted by atomic mass is 10.1. The first-order valence-electron chi connectivity index (χ1n) is 8.19. The van der Waals surface area contributed by atoms with Gasteiger partial charge < -0.3 is 10.1 Å². The summed E-state index contributed by atoms with van der Waals surface area (Å²) in [6.07, 6.45) is 2.33. The zero-order valence-electron chi connectivity index (χ0n) is 14.9. The SMILES string of the molecule is COc1ccc(-c2nc(NC(=O)C3CCCN3S(C)(=O)=O)sc2C)cc1. The summed E-state index contributed by atoms with van der Waals surface area (Å²) in [7, 11) is -1.79. The number of ether oxygens (including phenoxy) is 1. The molecule has 1 aliphatic heterocycles. The van der Waals surface area contributed by atoms with Gasteiger partial charge in [0, 0.05) is 17.0 Å². The Balaban J connectivity index is 1.77. The van der Waals surface area contributed by atoms with Gasteiger partial charge in [0.05, 0.1) is 19.1 Å². The van der Waals surface area contributed by atoms with Crippen LogP contribution in [0.1, 0.15) is 17.7 Å². The first-order chi connectivity index (χ1) is 12.3. The number of nitrogens with one attached hydrogen (secondary N) is 1. The number of anilines is 1. The predicted molar refractivity (Wildman–Crippen MR) is 102 cm³/mol. The number of rotatable bonds is 5. The summed E-state index contributed by atoms with van der Waals surface area (Å²) in [5, 5.41) is 3.25. The van der Waals surface area contributed by atoms with Crippen LogP contribution in [0.5, 0.6) is 5.75 Å². The molecule has 1 aliphatic rings. The van der Waals surface area contributed by atoms with Crippen molar-refractivity contribution >= 4 is 32.4 Å². The molecule has 26 heavy (non-hydrogen) atoms. The quantitative estimate of drug-likeness (QED) is 0.840. The van der Waals surface area contributed by atoms with Crippen LogP contribution >= 0.6 is 11.3 Å². The first kappa shape index (κ1) is 18.8. The molecule has 1 fully saturated rings. The summed E-state index contributed by atoms with van der Waals surface area (Å²) in [5.74, 6) is 0.431. The molecule has 9 heteroatoms. The lowest BCUT2D eigenvalue weighted by Gasteiger charge is -2.20. The van der Waals surface area contributed by atoms with Gasteiger partial charge in [0.15, 0.2) is 5.13 Å². The molecule has 0 bridgehead atoms. The van der Waals surface area contributed by atoms with Gasteiger partial charge >= 0.3 is 0 Å². The van der Waals surface area contributed by atoms with Gasteiger partial charge in [-0.25, -0.2) is 13.4 Å². The molecule has 1 unspecified atom stereocenters. The Kier molecular flexibility index (Phi) is 5.31. The largest absolute Gasteiger partial charge is 0.497 e. The van der Waals surface area contributed by atoms with Gasteiger partial charge in [-0.05, 0) is 44.0 Å². The van der Waals surface area contributed by atoms with E-state index in [1.165, 1.54) is 15.6 Å². The molecule has 1 aromatic heterocycles. The predicted octanol–water partition coefficient (Wildman–Crippen LogP) is 2.49. The molecule has 0 aliphatic carbocycles. The van der Waals surface area contributed by atoms with Crippen LogP contribution in [0.25, 0.3) is 11.3 Å². The molecule has 1 N–H and O–H groups in total. The Morgan fingerprint density at radius 3 is 2.65 bits per heavy atom. The van der Waals surface area contributed by atoms with E-state index in [1.807, 2.05) is 31.2 Å². The van der Waals surface area contributed by atoms with Crippen molar-refractivity contribution in [1.29, 1.82) is 0 Å². The molecule has 140 valence electrons. The number of methoxy groups -OCH3 is 1. The van der Waals surface area contributed by atoms with Gasteiger partial charge in [0.2, 0.25) is 15.9 Å². The van der Waals surface area contributed by atoms with Gasteiger partial charge in [-0.1, -0.05) is 0 Å². The summed E-state index contributed by atoms with van der Waals surface area (Å²) >= 11 is 1.37. The fourth-order valence-electron chi connectivity index (χ4n) is 3.05. The van der Waals surface area contributed by atoms with Crippen molar-refractivity contribution in [1.82, 2.24) is 9.29 Å². The molecule has 1 aromatic carbocycles. The van der Waals surface area contributed by atoms with Crippen LogP contribution in [0.2, 0.25) is 0 Å². The van der Waals surface area contributed by atoms with E-state index in [-0.39, 0.29) is 5.91 Å². The minimum absolute atomic E-state index is 0.331. The first-order valence-corrected chi connectivity index (χ1v) is 10.9. The van der Waals surface area contributed by atoms with Gasteiger partial charge in [-0.3, -0.25) is 4.79 Å². The van der Waals surface area contributed by atoms with Crippen LogP contribution in [-0.2, 0) is 14.8 Å². The summed E-state index contributed by atoms with van der Waals surface area (Å²) < 4.78 is 30.1. The average Bonchev–Trinajstić information content (AvgIpc) is 3.21. The second kappa shape index (κ2) is 7.34. The van der Waals surface area contributed by atoms with Crippen molar-refractivity contribution in [2.24, 2.45) is 0 Å². The van der Waals surface area contributed by atoms with Crippen molar-refractivity contribution in [2.75, 3.05) is 25.2 Å². The zero-order chi connectivity index (χ0) is 18.9. The van der Waals surface area contributed by atoms with Gasteiger partial charge in [-0.2, -0.15) is 4.31 Å². The van der Waals surface area contributed by atoms with Crippen molar-refractivity contribution in [3.63, 3.8) is 0 Å². The monoisotopic (exact) mass is 395 g/mol. The van der Waals surface area contributed by atoms with Crippen molar-refractivity contribution in [3.05, 3.63) is 29.1 Å². The lowest BCUT2D eigenvalue weighted by Crippen LogP contribution is -2.42. The molecule has 0 saturated carbocycles. The Morgan fingerprint density at radius 2 is 2.04 bits per heavy atom. The third-order valence-corrected chi connectivity index (χ3v) is 6.50. The molecular formula is C17H21N3O4S2. The number of carbonyl (C=O) groups is 1. The highest BCUT2D eigenvalue weighted by Crippen LogP contribution is 2.32. The molecule has 0 spiro atoms. The number of hydrogen-bond acceptors (Lipinski definition) is 6. The minimum atomic E-state index is -3.40. The number of aromatic nitrogens is 1. The van der Waals surface area contributed by atoms with E-state index < -0.39 is 16.1 Å². The van der Waals surface area contributed by atoms with E-state index in [1.54, 1.807) is 7.11 Å². The van der Waals surface area contributed by atoms with Gasteiger partial charge in [-0.15, -0.1) is 11.3 Å². The number of thiazole rings is 1. The van der Waals surface area contributed by atoms with E-state index in [0.29, 0.717) is 24.5 Å². The maximum Gasteiger partial charge on any atom is 0.244 e. The molecule has 1 atom stereocenters. The van der Waals surface area contributed by atoms with Crippen molar-refractivity contribution < 1.29 is 17.9 Å². The van der Waals surface area contributed by atoms with Crippen molar-refractivity contribution in [2.45, 2.75) is 25.8 Å². The fourth-order valence-corrected chi connectivity index (χ4v) is 5.02. The number of carbonyl (C=O) groups excluding carboxylic acids is 1. The highest BCUT2D eigenvalue weighted by Gasteiger charge is 2.36. The van der Waals surface area contributed by atoms with E-state index in [9.17, 15) is 13.2 Å². The number of nitrogens with zero attached hydrogens (tertiary/aromatic N) is 2. The van der Waals surface area contributed by atoms with Crippen LogP contribution in [-0.4, -0.2) is 49.6 Å². The van der Waals surface area contributed by atoms with E-state index in [4.69, 9.17) is 4.74 Å². The third-order valence-electron chi connectivity index (χ3n) is 4.32. The minimum Gasteiger partial charge on any atom is -0.497 e. The molecule has 1 saturated heterocycles. The molecule has 2 heterocycles. The van der Waals surface area contributed by atoms with Crippen LogP contribution in [0.15, 0.2) is 24.3 Å². The maximum atomic E-state index is 12.5. The second-order valence-corrected chi connectivity index (χ2v) is 9.31. The molecule has 3 rings (SSSR count). The van der Waals surface area contributed by atoms with Crippen LogP contribution in [0.3, 0.4) is 0 Å². The number of hydrogen-bond donors (Lipinski definition) is 1. The molecule has 2 aromatic rings. The van der Waals surface area contributed by atoms with Crippen LogP contribution in [0, 0.1) is 6.92 Å². The van der Waals surface area contributed by atoms with Gasteiger partial charge in [0.25, 0.3) is 0 Å². The molecular weight excluding hydrogens is 374 g/mol. The standard InChI is InChI=1S/C17H21N3O4S2/c1-11-15(12-6-8-13(24-2)9-7-12)18-17(25-11)19-16(21)14-5-4-10-20(14)26(3,22)23/h6-9,14H,4-5,10H2,1-3H3,(H,18,19,21). The number of amides is 1. The molecule has 7 nitrogen and oxygen atoms in total. The molecule has 1 amide bonds. The smallest absolute Gasteiger partial charge is 0.244 e. The topological polar surface area (TPSA) is 88.6 Å². The third kappa shape index (κ3) is 3.89. The summed E-state index contributed by atoms with van der Waals surface area (Å²) in [5.41, 5.74) is 1.72. The van der Waals surface area contributed by atoms with Crippen LogP contribution in [0.4, 0.5) is 5.13 Å². The molecule has 0 radical (unpaired) electrons. The number of sulfonamides is 1. The van der Waals surface area contributed by atoms with E-state index in [0.717, 1.165) is 28.1 Å². The van der Waals surface area contributed by atoms with E-state index >= 15 is 0 Å². The summed E-state index contributed by atoms with van der Waals surface area (Å²) in [6, 6.07) is 6.87. The summed E-state index contributed by atoms with van der Waals surface area (Å²) in [6.45, 7) is 2.32. The Bertz CT molecular complexity index is 907. The highest BCUT2D eigenvalue weighted by atomic mass is 32.2. The Morgan fingerprint density at radius 1 is 1.35 bits per heavy atom. The fraction of sp³-hybridized carbons (Fsp3) is 0.412. The zero-order valence-corrected chi connectivity index (χ0v) is 16.5.